The van der Waals surface area contributed by atoms with Gasteiger partial charge in [-0.25, -0.2) is 9.37 Å². The van der Waals surface area contributed by atoms with Crippen LogP contribution in [-0.2, 0) is 6.42 Å². The first-order valence-corrected chi connectivity index (χ1v) is 8.97. The van der Waals surface area contributed by atoms with E-state index in [0.29, 0.717) is 29.5 Å². The van der Waals surface area contributed by atoms with Crippen molar-refractivity contribution in [3.05, 3.63) is 70.1 Å². The van der Waals surface area contributed by atoms with E-state index >= 15 is 0 Å². The molecule has 4 rings (SSSR count). The molecule has 3 aromatic rings. The number of likely N-dealkylation sites (tertiary alicyclic amines) is 1. The average molecular weight is 357 g/mol. The van der Waals surface area contributed by atoms with Crippen LogP contribution >= 0.6 is 11.3 Å². The number of aromatic nitrogens is 2. The van der Waals surface area contributed by atoms with Crippen LogP contribution in [0.15, 0.2) is 46.6 Å². The Balaban J connectivity index is 1.50. The maximum Gasteiger partial charge on any atom is 0.266 e. The number of thiazole rings is 1. The third kappa shape index (κ3) is 3.32. The van der Waals surface area contributed by atoms with Crippen LogP contribution < -0.4 is 0 Å². The largest absolute Gasteiger partial charge is 0.443 e. The van der Waals surface area contributed by atoms with Crippen molar-refractivity contribution in [2.45, 2.75) is 25.3 Å². The van der Waals surface area contributed by atoms with Crippen LogP contribution in [0.2, 0.25) is 0 Å². The molecule has 0 spiro atoms. The molecule has 1 atom stereocenters. The van der Waals surface area contributed by atoms with Crippen LogP contribution in [0.25, 0.3) is 0 Å². The van der Waals surface area contributed by atoms with Gasteiger partial charge in [0.25, 0.3) is 5.91 Å². The second kappa shape index (κ2) is 6.76. The van der Waals surface area contributed by atoms with Crippen molar-refractivity contribution in [2.75, 3.05) is 6.54 Å². The Kier molecular flexibility index (Phi) is 4.31. The van der Waals surface area contributed by atoms with Crippen molar-refractivity contribution >= 4 is 17.2 Å². The molecule has 1 aromatic carbocycles. The van der Waals surface area contributed by atoms with Gasteiger partial charge < -0.3 is 9.32 Å². The lowest BCUT2D eigenvalue weighted by atomic mass is 10.1. The number of halogens is 1. The second-order valence-electron chi connectivity index (χ2n) is 5.99. The van der Waals surface area contributed by atoms with Gasteiger partial charge in [-0.15, -0.1) is 11.3 Å². The van der Waals surface area contributed by atoms with Gasteiger partial charge in [0.2, 0.25) is 5.89 Å². The first kappa shape index (κ1) is 16.0. The van der Waals surface area contributed by atoms with Crippen LogP contribution in [0, 0.1) is 5.82 Å². The van der Waals surface area contributed by atoms with E-state index in [-0.39, 0.29) is 17.8 Å². The molecule has 5 nitrogen and oxygen atoms in total. The standard InChI is InChI=1S/C18H16FN3O2S/c19-13-5-3-12(4-6-13)8-14-9-21-17(24-14)15-2-1-7-22(15)18(23)16-10-20-11-25-16/h3-6,9-11,15H,1-2,7-8H2/t15-/m1/s1. The highest BCUT2D eigenvalue weighted by Crippen LogP contribution is 2.33. The summed E-state index contributed by atoms with van der Waals surface area (Å²) in [7, 11) is 0. The van der Waals surface area contributed by atoms with Gasteiger partial charge in [0.05, 0.1) is 17.9 Å². The summed E-state index contributed by atoms with van der Waals surface area (Å²) in [5.41, 5.74) is 2.61. The van der Waals surface area contributed by atoms with Gasteiger partial charge >= 0.3 is 0 Å². The Labute approximate surface area is 148 Å². The normalized spacial score (nSPS) is 17.2. The predicted octanol–water partition coefficient (Wildman–Crippen LogP) is 3.84. The number of rotatable bonds is 4. The number of hydrogen-bond acceptors (Lipinski definition) is 5. The molecule has 2 aromatic heterocycles. The number of carbonyl (C=O) groups excluding carboxylic acids is 1. The van der Waals surface area contributed by atoms with Crippen LogP contribution in [0.5, 0.6) is 0 Å². The quantitative estimate of drug-likeness (QED) is 0.712. The van der Waals surface area contributed by atoms with Crippen LogP contribution in [0.4, 0.5) is 4.39 Å². The van der Waals surface area contributed by atoms with E-state index < -0.39 is 0 Å². The molecule has 1 saturated heterocycles. The predicted molar refractivity (Wildman–Crippen MR) is 90.8 cm³/mol. The molecule has 0 saturated carbocycles. The smallest absolute Gasteiger partial charge is 0.266 e. The Morgan fingerprint density at radius 3 is 2.92 bits per heavy atom. The number of carbonyl (C=O) groups is 1. The monoisotopic (exact) mass is 357 g/mol. The minimum Gasteiger partial charge on any atom is -0.443 e. The lowest BCUT2D eigenvalue weighted by molar-refractivity contribution is 0.0719. The summed E-state index contributed by atoms with van der Waals surface area (Å²) in [4.78, 5) is 23.4. The molecule has 3 heterocycles. The summed E-state index contributed by atoms with van der Waals surface area (Å²) < 4.78 is 18.9. The molecule has 25 heavy (non-hydrogen) atoms. The third-order valence-corrected chi connectivity index (χ3v) is 5.07. The van der Waals surface area contributed by atoms with Crippen molar-refractivity contribution in [3.63, 3.8) is 0 Å². The topological polar surface area (TPSA) is 59.2 Å². The van der Waals surface area contributed by atoms with Gasteiger partial charge in [0, 0.05) is 13.0 Å². The van der Waals surface area contributed by atoms with Gasteiger partial charge in [-0.3, -0.25) is 9.78 Å². The number of amides is 1. The Morgan fingerprint density at radius 2 is 2.16 bits per heavy atom. The highest BCUT2D eigenvalue weighted by molar-refractivity contribution is 7.11. The van der Waals surface area contributed by atoms with E-state index in [1.165, 1.54) is 23.5 Å². The minimum absolute atomic E-state index is 0.0247. The zero-order valence-corrected chi connectivity index (χ0v) is 14.2. The van der Waals surface area contributed by atoms with Crippen molar-refractivity contribution in [2.24, 2.45) is 0 Å². The van der Waals surface area contributed by atoms with Gasteiger partial charge in [-0.1, -0.05) is 12.1 Å². The van der Waals surface area contributed by atoms with Gasteiger partial charge in [0.1, 0.15) is 22.5 Å². The Morgan fingerprint density at radius 1 is 1.32 bits per heavy atom. The fourth-order valence-electron chi connectivity index (χ4n) is 3.09. The van der Waals surface area contributed by atoms with Crippen LogP contribution in [0.3, 0.4) is 0 Å². The molecular formula is C18H16FN3O2S. The van der Waals surface area contributed by atoms with Crippen molar-refractivity contribution in [1.29, 1.82) is 0 Å². The molecule has 1 aliphatic rings. The SMILES string of the molecule is O=C(c1cncs1)N1CCC[C@@H]1c1ncc(Cc2ccc(F)cc2)o1. The second-order valence-corrected chi connectivity index (χ2v) is 6.88. The molecule has 0 unspecified atom stereocenters. The molecule has 128 valence electrons. The number of nitrogens with zero attached hydrogens (tertiary/aromatic N) is 3. The Bertz CT molecular complexity index is 861. The van der Waals surface area contributed by atoms with Gasteiger partial charge in [-0.05, 0) is 30.5 Å². The Hall–Kier alpha value is -2.54. The molecule has 0 bridgehead atoms. The zero-order valence-electron chi connectivity index (χ0n) is 13.4. The molecule has 1 aliphatic heterocycles. The summed E-state index contributed by atoms with van der Waals surface area (Å²) in [5.74, 6) is 0.986. The number of hydrogen-bond donors (Lipinski definition) is 0. The maximum absolute atomic E-state index is 13.0. The maximum atomic E-state index is 13.0. The van der Waals surface area contributed by atoms with E-state index in [2.05, 4.69) is 9.97 Å². The number of benzene rings is 1. The van der Waals surface area contributed by atoms with Crippen LogP contribution in [0.1, 0.15) is 45.8 Å². The average Bonchev–Trinajstić information content (AvgIpc) is 3.37. The zero-order chi connectivity index (χ0) is 17.2. The molecule has 0 radical (unpaired) electrons. The van der Waals surface area contributed by atoms with E-state index in [0.717, 1.165) is 18.4 Å². The molecule has 0 aliphatic carbocycles. The molecule has 7 heteroatoms. The van der Waals surface area contributed by atoms with Crippen molar-refractivity contribution in [3.8, 4) is 0 Å². The highest BCUT2D eigenvalue weighted by Gasteiger charge is 2.34. The summed E-state index contributed by atoms with van der Waals surface area (Å²) >= 11 is 1.34. The first-order chi connectivity index (χ1) is 12.2. The molecule has 0 N–H and O–H groups in total. The molecule has 1 fully saturated rings. The first-order valence-electron chi connectivity index (χ1n) is 8.09. The van der Waals surface area contributed by atoms with Gasteiger partial charge in [0.15, 0.2) is 0 Å². The van der Waals surface area contributed by atoms with E-state index in [4.69, 9.17) is 4.42 Å². The molecule has 1 amide bonds. The van der Waals surface area contributed by atoms with E-state index in [1.807, 2.05) is 0 Å². The summed E-state index contributed by atoms with van der Waals surface area (Å²) in [6, 6.07) is 6.17. The molecular weight excluding hydrogens is 341 g/mol. The summed E-state index contributed by atoms with van der Waals surface area (Å²) in [5, 5.41) is 0. The summed E-state index contributed by atoms with van der Waals surface area (Å²) in [6.07, 6.45) is 5.58. The van der Waals surface area contributed by atoms with Crippen LogP contribution in [-0.4, -0.2) is 27.3 Å². The lowest BCUT2D eigenvalue weighted by Crippen LogP contribution is -2.30. The fourth-order valence-corrected chi connectivity index (χ4v) is 3.67. The number of oxazole rings is 1. The lowest BCUT2D eigenvalue weighted by Gasteiger charge is -2.21. The highest BCUT2D eigenvalue weighted by atomic mass is 32.1. The fraction of sp³-hybridized carbons (Fsp3) is 0.278. The van der Waals surface area contributed by atoms with E-state index in [1.54, 1.807) is 34.9 Å². The van der Waals surface area contributed by atoms with E-state index in [9.17, 15) is 9.18 Å². The summed E-state index contributed by atoms with van der Waals surface area (Å²) in [6.45, 7) is 0.692. The third-order valence-electron chi connectivity index (χ3n) is 4.30. The van der Waals surface area contributed by atoms with Crippen molar-refractivity contribution < 1.29 is 13.6 Å². The van der Waals surface area contributed by atoms with Gasteiger partial charge in [-0.2, -0.15) is 0 Å². The van der Waals surface area contributed by atoms with Crippen molar-refractivity contribution in [1.82, 2.24) is 14.9 Å². The minimum atomic E-state index is -0.259.